The number of nitrogens with zero attached hydrogens (tertiary/aromatic N) is 2. The van der Waals surface area contributed by atoms with Crippen molar-refractivity contribution in [1.29, 1.82) is 0 Å². The summed E-state index contributed by atoms with van der Waals surface area (Å²) in [6, 6.07) is 7.14. The third-order valence-electron chi connectivity index (χ3n) is 3.57. The van der Waals surface area contributed by atoms with E-state index in [2.05, 4.69) is 9.98 Å². The Morgan fingerprint density at radius 2 is 2.17 bits per heavy atom. The lowest BCUT2D eigenvalue weighted by Crippen LogP contribution is -2.16. The van der Waals surface area contributed by atoms with Gasteiger partial charge in [-0.15, -0.1) is 0 Å². The van der Waals surface area contributed by atoms with E-state index in [1.54, 1.807) is 12.1 Å². The van der Waals surface area contributed by atoms with Crippen LogP contribution in [0.4, 0.5) is 8.78 Å². The first-order valence-corrected chi connectivity index (χ1v) is 8.64. The predicted octanol–water partition coefficient (Wildman–Crippen LogP) is 4.83. The second-order valence-corrected chi connectivity index (χ2v) is 6.81. The molecule has 0 bridgehead atoms. The number of aliphatic imine (C=N–C) groups is 1. The Labute approximate surface area is 147 Å². The van der Waals surface area contributed by atoms with Crippen molar-refractivity contribution in [1.82, 2.24) is 4.98 Å². The molecule has 0 spiro atoms. The van der Waals surface area contributed by atoms with Crippen molar-refractivity contribution in [2.75, 3.05) is 5.75 Å². The number of hydrogen-bond acceptors (Lipinski definition) is 4. The van der Waals surface area contributed by atoms with Crippen molar-refractivity contribution in [2.24, 2.45) is 10.7 Å². The first kappa shape index (κ1) is 16.9. The van der Waals surface area contributed by atoms with Crippen molar-refractivity contribution in [3.8, 4) is 0 Å². The highest BCUT2D eigenvalue weighted by Gasteiger charge is 2.19. The zero-order chi connectivity index (χ0) is 17.1. The van der Waals surface area contributed by atoms with Gasteiger partial charge in [0.15, 0.2) is 5.17 Å². The lowest BCUT2D eigenvalue weighted by Gasteiger charge is -2.19. The van der Waals surface area contributed by atoms with Crippen LogP contribution in [-0.2, 0) is 0 Å². The highest BCUT2D eigenvalue weighted by Crippen LogP contribution is 2.31. The minimum Gasteiger partial charge on any atom is -0.379 e. The van der Waals surface area contributed by atoms with Gasteiger partial charge >= 0.3 is 0 Å². The quantitative estimate of drug-likeness (QED) is 0.847. The molecular weight excluding hydrogens is 352 g/mol. The standard InChI is InChI=1S/C17H14ClF2N3S/c18-11-2-4-16(22-9-11)14(20)8-10-1-3-13(19)12(7-10)15-5-6-24-17(21)23-15/h1-4,7-9,15H,5-6H2,(H2,21,23)/b14-8-. The van der Waals surface area contributed by atoms with Gasteiger partial charge in [-0.3, -0.25) is 9.98 Å². The van der Waals surface area contributed by atoms with E-state index in [0.29, 0.717) is 27.7 Å². The lowest BCUT2D eigenvalue weighted by molar-refractivity contribution is 0.577. The second-order valence-electron chi connectivity index (χ2n) is 5.26. The zero-order valence-electron chi connectivity index (χ0n) is 12.5. The van der Waals surface area contributed by atoms with E-state index in [4.69, 9.17) is 17.3 Å². The van der Waals surface area contributed by atoms with Crippen LogP contribution in [-0.4, -0.2) is 15.9 Å². The van der Waals surface area contributed by atoms with Crippen LogP contribution in [0.2, 0.25) is 5.02 Å². The monoisotopic (exact) mass is 365 g/mol. The maximum absolute atomic E-state index is 14.3. The summed E-state index contributed by atoms with van der Waals surface area (Å²) in [5.74, 6) is -0.111. The molecule has 0 aliphatic carbocycles. The van der Waals surface area contributed by atoms with Gasteiger partial charge in [0.25, 0.3) is 0 Å². The van der Waals surface area contributed by atoms with Crippen molar-refractivity contribution in [2.45, 2.75) is 12.5 Å². The summed E-state index contributed by atoms with van der Waals surface area (Å²) in [6.07, 6.45) is 3.37. The highest BCUT2D eigenvalue weighted by molar-refractivity contribution is 8.13. The third kappa shape index (κ3) is 3.94. The summed E-state index contributed by atoms with van der Waals surface area (Å²) in [6.45, 7) is 0. The van der Waals surface area contributed by atoms with Crippen LogP contribution in [0.25, 0.3) is 11.9 Å². The molecule has 0 fully saturated rings. The number of halogens is 3. The molecule has 124 valence electrons. The third-order valence-corrected chi connectivity index (χ3v) is 4.63. The largest absolute Gasteiger partial charge is 0.379 e. The van der Waals surface area contributed by atoms with Gasteiger partial charge in [-0.1, -0.05) is 29.4 Å². The van der Waals surface area contributed by atoms with Crippen LogP contribution >= 0.6 is 23.4 Å². The Morgan fingerprint density at radius 3 is 2.88 bits per heavy atom. The maximum Gasteiger partial charge on any atom is 0.154 e. The summed E-state index contributed by atoms with van der Waals surface area (Å²) in [7, 11) is 0. The van der Waals surface area contributed by atoms with Crippen LogP contribution in [0, 0.1) is 5.82 Å². The van der Waals surface area contributed by atoms with Gasteiger partial charge in [0, 0.05) is 17.5 Å². The number of benzene rings is 1. The molecule has 0 amide bonds. The van der Waals surface area contributed by atoms with Gasteiger partial charge in [-0.25, -0.2) is 8.78 Å². The Bertz CT molecular complexity index is 806. The number of aromatic nitrogens is 1. The minimum absolute atomic E-state index is 0.168. The van der Waals surface area contributed by atoms with E-state index in [1.807, 2.05) is 0 Å². The van der Waals surface area contributed by atoms with Crippen LogP contribution < -0.4 is 5.73 Å². The SMILES string of the molecule is NC1=NC(c2cc(/C=C(\F)c3ccc(Cl)cn3)ccc2F)CCS1. The van der Waals surface area contributed by atoms with E-state index < -0.39 is 5.83 Å². The normalized spacial score (nSPS) is 18.4. The lowest BCUT2D eigenvalue weighted by atomic mass is 10.0. The van der Waals surface area contributed by atoms with E-state index in [1.165, 1.54) is 42.2 Å². The van der Waals surface area contributed by atoms with Crippen molar-refractivity contribution >= 4 is 40.4 Å². The molecule has 3 rings (SSSR count). The van der Waals surface area contributed by atoms with Gasteiger partial charge in [-0.2, -0.15) is 0 Å². The number of amidine groups is 1. The molecule has 0 saturated heterocycles. The van der Waals surface area contributed by atoms with Crippen molar-refractivity contribution in [3.05, 3.63) is 64.2 Å². The fourth-order valence-corrected chi connectivity index (χ4v) is 3.26. The molecule has 1 aromatic heterocycles. The molecule has 0 saturated carbocycles. The van der Waals surface area contributed by atoms with Gasteiger partial charge in [-0.05, 0) is 42.3 Å². The molecule has 0 radical (unpaired) electrons. The summed E-state index contributed by atoms with van der Waals surface area (Å²) in [4.78, 5) is 8.20. The summed E-state index contributed by atoms with van der Waals surface area (Å²) >= 11 is 7.19. The van der Waals surface area contributed by atoms with Crippen molar-refractivity contribution < 1.29 is 8.78 Å². The fraction of sp³-hybridized carbons (Fsp3) is 0.176. The van der Waals surface area contributed by atoms with Gasteiger partial charge < -0.3 is 5.73 Å². The molecule has 1 aliphatic heterocycles. The first-order chi connectivity index (χ1) is 11.5. The second kappa shape index (κ2) is 7.32. The minimum atomic E-state index is -0.522. The average molecular weight is 366 g/mol. The summed E-state index contributed by atoms with van der Waals surface area (Å²) in [5, 5.41) is 0.879. The number of rotatable bonds is 3. The zero-order valence-corrected chi connectivity index (χ0v) is 14.1. The topological polar surface area (TPSA) is 51.3 Å². The van der Waals surface area contributed by atoms with Crippen LogP contribution in [0.3, 0.4) is 0 Å². The maximum atomic E-state index is 14.3. The Morgan fingerprint density at radius 1 is 1.33 bits per heavy atom. The molecule has 7 heteroatoms. The Balaban J connectivity index is 1.92. The smallest absolute Gasteiger partial charge is 0.154 e. The van der Waals surface area contributed by atoms with E-state index in [0.717, 1.165) is 5.75 Å². The molecule has 1 aliphatic rings. The van der Waals surface area contributed by atoms with Crippen LogP contribution in [0.5, 0.6) is 0 Å². The number of thioether (sulfide) groups is 1. The fourth-order valence-electron chi connectivity index (χ4n) is 2.40. The average Bonchev–Trinajstić information content (AvgIpc) is 2.57. The summed E-state index contributed by atoms with van der Waals surface area (Å²) in [5.41, 5.74) is 6.84. The van der Waals surface area contributed by atoms with Crippen molar-refractivity contribution in [3.63, 3.8) is 0 Å². The predicted molar refractivity (Wildman–Crippen MR) is 96.1 cm³/mol. The molecule has 1 unspecified atom stereocenters. The molecule has 1 atom stereocenters. The molecule has 24 heavy (non-hydrogen) atoms. The highest BCUT2D eigenvalue weighted by atomic mass is 35.5. The number of pyridine rings is 1. The van der Waals surface area contributed by atoms with E-state index >= 15 is 0 Å². The van der Waals surface area contributed by atoms with E-state index in [9.17, 15) is 8.78 Å². The molecule has 2 heterocycles. The van der Waals surface area contributed by atoms with E-state index in [-0.39, 0.29) is 17.6 Å². The van der Waals surface area contributed by atoms with Gasteiger partial charge in [0.1, 0.15) is 11.6 Å². The van der Waals surface area contributed by atoms with Crippen LogP contribution in [0.1, 0.15) is 29.3 Å². The van der Waals surface area contributed by atoms with Crippen LogP contribution in [0.15, 0.2) is 41.5 Å². The molecule has 2 aromatic rings. The number of nitrogens with two attached hydrogens (primary N) is 1. The Hall–Kier alpha value is -1.92. The first-order valence-electron chi connectivity index (χ1n) is 7.27. The molecule has 3 nitrogen and oxygen atoms in total. The van der Waals surface area contributed by atoms with Gasteiger partial charge in [0.2, 0.25) is 0 Å². The summed E-state index contributed by atoms with van der Waals surface area (Å²) < 4.78 is 28.4. The molecule has 2 N–H and O–H groups in total. The molecular formula is C17H14ClF2N3S. The Kier molecular flexibility index (Phi) is 5.16. The molecule has 1 aromatic carbocycles. The van der Waals surface area contributed by atoms with Gasteiger partial charge in [0.05, 0.1) is 16.8 Å². The number of hydrogen-bond donors (Lipinski definition) is 1.